The largest absolute Gasteiger partial charge is 0.496 e. The van der Waals surface area contributed by atoms with Crippen molar-refractivity contribution in [3.63, 3.8) is 0 Å². The molecule has 0 saturated carbocycles. The normalized spacial score (nSPS) is 11.7. The summed E-state index contributed by atoms with van der Waals surface area (Å²) < 4.78 is 178. The van der Waals surface area contributed by atoms with Gasteiger partial charge in [0.1, 0.15) is 81.4 Å². The second-order valence-corrected chi connectivity index (χ2v) is 27.8. The Hall–Kier alpha value is -11.5. The molecule has 3 atom stereocenters. The van der Waals surface area contributed by atoms with Crippen LogP contribution in [-0.4, -0.2) is 46.4 Å². The van der Waals surface area contributed by atoms with E-state index in [9.17, 15) is 57.1 Å². The van der Waals surface area contributed by atoms with Crippen molar-refractivity contribution in [3.8, 4) is 5.75 Å². The summed E-state index contributed by atoms with van der Waals surface area (Å²) in [4.78, 5) is 0. The van der Waals surface area contributed by atoms with Crippen LogP contribution in [0.15, 0.2) is 309 Å². The molecule has 0 spiro atoms. The fourth-order valence-electron chi connectivity index (χ4n) is 14.1. The van der Waals surface area contributed by atoms with Gasteiger partial charge >= 0.3 is 0 Å². The maximum absolute atomic E-state index is 13.8. The van der Waals surface area contributed by atoms with Gasteiger partial charge in [-0.15, -0.1) is 0 Å². The van der Waals surface area contributed by atoms with E-state index >= 15 is 0 Å². The number of methoxy groups -OCH3 is 1. The number of para-hydroxylation sites is 1. The quantitative estimate of drug-likeness (QED) is 0.0281. The smallest absolute Gasteiger partial charge is 0.126 e. The van der Waals surface area contributed by atoms with E-state index in [1.165, 1.54) is 102 Å². The third kappa shape index (κ3) is 29.0. The number of hydrogen-bond acceptors (Lipinski definition) is 7. The molecule has 118 heavy (non-hydrogen) atoms. The molecule has 13 aromatic carbocycles. The van der Waals surface area contributed by atoms with Gasteiger partial charge in [-0.1, -0.05) is 171 Å². The molecule has 20 heteroatoms. The third-order valence-electron chi connectivity index (χ3n) is 19.6. The molecule has 0 saturated heterocycles. The Morgan fingerprint density at radius 3 is 0.839 bits per heavy atom. The maximum atomic E-state index is 13.8. The average molecular weight is 1620 g/mol. The van der Waals surface area contributed by atoms with Crippen LogP contribution >= 0.6 is 0 Å². The number of nitrogens with two attached hydrogens (primary N) is 5. The molecule has 0 aliphatic carbocycles. The maximum Gasteiger partial charge on any atom is 0.126 e. The summed E-state index contributed by atoms with van der Waals surface area (Å²) >= 11 is 0. The molecular formula is C98H97F13N6O. The van der Waals surface area contributed by atoms with Crippen LogP contribution in [-0.2, 0) is 0 Å². The Labute approximate surface area is 682 Å². The van der Waals surface area contributed by atoms with E-state index in [1.807, 2.05) is 54.6 Å². The van der Waals surface area contributed by atoms with Gasteiger partial charge in [0.2, 0.25) is 0 Å². The highest BCUT2D eigenvalue weighted by Crippen LogP contribution is 2.36. The molecule has 0 bridgehead atoms. The molecule has 0 aliphatic rings. The second kappa shape index (κ2) is 48.3. The summed E-state index contributed by atoms with van der Waals surface area (Å²) in [6.07, 6.45) is 3.48. The first kappa shape index (κ1) is 92.0. The zero-order chi connectivity index (χ0) is 84.9. The molecule has 13 aromatic rings. The molecule has 0 aromatic heterocycles. The van der Waals surface area contributed by atoms with Crippen molar-refractivity contribution in [2.45, 2.75) is 80.6 Å². The van der Waals surface area contributed by atoms with Gasteiger partial charge in [-0.2, -0.15) is 0 Å². The van der Waals surface area contributed by atoms with Crippen LogP contribution in [0.1, 0.15) is 153 Å². The molecule has 7 nitrogen and oxygen atoms in total. The molecule has 616 valence electrons. The van der Waals surface area contributed by atoms with Crippen LogP contribution in [0.4, 0.5) is 57.1 Å². The summed E-state index contributed by atoms with van der Waals surface area (Å²) in [5.74, 6) is -6.23. The lowest BCUT2D eigenvalue weighted by Crippen LogP contribution is -2.23. The van der Waals surface area contributed by atoms with E-state index in [1.54, 1.807) is 92.0 Å². The Morgan fingerprint density at radius 2 is 0.517 bits per heavy atom. The van der Waals surface area contributed by atoms with Crippen LogP contribution in [0.3, 0.4) is 0 Å². The van der Waals surface area contributed by atoms with Crippen LogP contribution in [0, 0.1) is 75.6 Å². The minimum atomic E-state index is -0.737. The van der Waals surface area contributed by atoms with E-state index < -0.39 is 40.8 Å². The molecule has 0 amide bonds. The third-order valence-corrected chi connectivity index (χ3v) is 19.6. The Kier molecular flexibility index (Phi) is 37.6. The van der Waals surface area contributed by atoms with Crippen LogP contribution in [0.2, 0.25) is 0 Å². The summed E-state index contributed by atoms with van der Waals surface area (Å²) in [6.45, 7) is 4.86. The predicted molar refractivity (Wildman–Crippen MR) is 446 cm³/mol. The van der Waals surface area contributed by atoms with Crippen molar-refractivity contribution in [2.24, 2.45) is 28.7 Å². The monoisotopic (exact) mass is 1620 g/mol. The van der Waals surface area contributed by atoms with E-state index in [2.05, 4.69) is 54.7 Å². The van der Waals surface area contributed by atoms with E-state index in [4.69, 9.17) is 33.4 Å². The van der Waals surface area contributed by atoms with Gasteiger partial charge in [-0.05, 0) is 252 Å². The van der Waals surface area contributed by atoms with Crippen molar-refractivity contribution in [3.05, 3.63) is 457 Å². The predicted octanol–water partition coefficient (Wildman–Crippen LogP) is 22.8. The molecular weight excluding hydrogens is 1520 g/mol. The second-order valence-electron chi connectivity index (χ2n) is 27.8. The fourth-order valence-corrected chi connectivity index (χ4v) is 14.1. The average Bonchev–Trinajstić information content (AvgIpc) is 0.883. The number of rotatable bonds is 27. The summed E-state index contributed by atoms with van der Waals surface area (Å²) in [7, 11) is 1.71. The summed E-state index contributed by atoms with van der Waals surface area (Å²) in [5.41, 5.74) is 38.8. The molecule has 11 N–H and O–H groups in total. The Bertz CT molecular complexity index is 4900. The lowest BCUT2D eigenvalue weighted by atomic mass is 9.88. The standard InChI is InChI=1S/C24H25F2N.C16H19NO.C15H13F4N.C15H14F3N.2C14H13F2N/c1-2-24(18-8-4-3-5-9-18)27-15-14-23(19-10-6-12-21(25)16-19)20-11-7-13-22(26)17-20;1-18-16-10-6-5-9-15(16)14(11-12-17)13-7-3-2-4-8-13;16-11-3-9(4-12(17)7-11)15(1-2-20)10-5-13(18)8-14(19)6-10;16-12-3-1-2-10(6-12)15(4-5-19)11-7-13(17)9-14(18)8-11;15-12-5-1-10(2-6-12)14(9-17)11-3-7-13(16)8-4-11;15-12-5-1-3-10(7-12)14(9-17)11-4-2-6-13(16)8-11/h3-13,16-17,23-24,27H,2,14-15H2,1H3;2-10,14H,11-12,17H2,1H3;3-8,15H,1-2,20H2;1-3,6-9,15H,4-5,19H2;2*1-8,14H,9,17H2. The van der Waals surface area contributed by atoms with Crippen LogP contribution < -0.4 is 38.7 Å². The van der Waals surface area contributed by atoms with Gasteiger partial charge in [0.15, 0.2) is 0 Å². The van der Waals surface area contributed by atoms with Crippen molar-refractivity contribution in [1.82, 2.24) is 5.32 Å². The zero-order valence-corrected chi connectivity index (χ0v) is 65.5. The van der Waals surface area contributed by atoms with Crippen molar-refractivity contribution < 1.29 is 61.8 Å². The Morgan fingerprint density at radius 1 is 0.246 bits per heavy atom. The summed E-state index contributed by atoms with van der Waals surface area (Å²) in [6, 6.07) is 82.7. The van der Waals surface area contributed by atoms with Gasteiger partial charge < -0.3 is 38.7 Å². The SMILES string of the molecule is CCC(NCCC(c1cccc(F)c1)c1cccc(F)c1)c1ccccc1.COc1ccccc1C(CCN)c1ccccc1.NCC(c1ccc(F)cc1)c1ccc(F)cc1.NCC(c1cccc(F)c1)c1cccc(F)c1.NCCC(c1cc(F)cc(F)c1)c1cc(F)cc(F)c1.NCCC(c1cccc(F)c1)c1cc(F)cc(F)c1. The highest BCUT2D eigenvalue weighted by Gasteiger charge is 2.23. The topological polar surface area (TPSA) is 151 Å². The molecule has 0 aliphatic heterocycles. The number of nitrogens with one attached hydrogen (secondary N) is 1. The fraction of sp³-hybridized carbons (Fsp3) is 0.204. The lowest BCUT2D eigenvalue weighted by Gasteiger charge is -2.22. The van der Waals surface area contributed by atoms with Gasteiger partial charge in [0, 0.05) is 78.4 Å². The lowest BCUT2D eigenvalue weighted by molar-refractivity contribution is 0.406. The van der Waals surface area contributed by atoms with Gasteiger partial charge in [-0.3, -0.25) is 0 Å². The molecule has 0 heterocycles. The first-order valence-electron chi connectivity index (χ1n) is 38.7. The van der Waals surface area contributed by atoms with Gasteiger partial charge in [0.05, 0.1) is 7.11 Å². The van der Waals surface area contributed by atoms with E-state index in [0.717, 1.165) is 107 Å². The van der Waals surface area contributed by atoms with Crippen molar-refractivity contribution in [1.29, 1.82) is 0 Å². The number of benzene rings is 13. The Balaban J connectivity index is 0.000000178. The first-order valence-corrected chi connectivity index (χ1v) is 38.7. The first-order chi connectivity index (χ1) is 57.0. The molecule has 0 fully saturated rings. The number of halogens is 13. The molecule has 3 unspecified atom stereocenters. The number of ether oxygens (including phenoxy) is 1. The highest BCUT2D eigenvalue weighted by molar-refractivity contribution is 5.43. The molecule has 13 rings (SSSR count). The summed E-state index contributed by atoms with van der Waals surface area (Å²) in [5, 5.41) is 3.60. The minimum absolute atomic E-state index is 0.0313. The molecule has 0 radical (unpaired) electrons. The highest BCUT2D eigenvalue weighted by atomic mass is 19.2. The van der Waals surface area contributed by atoms with Gasteiger partial charge in [0.25, 0.3) is 0 Å². The van der Waals surface area contributed by atoms with Crippen LogP contribution in [0.5, 0.6) is 5.75 Å². The van der Waals surface area contributed by atoms with Crippen molar-refractivity contribution in [2.75, 3.05) is 46.4 Å². The van der Waals surface area contributed by atoms with Gasteiger partial charge in [-0.25, -0.2) is 57.1 Å². The minimum Gasteiger partial charge on any atom is -0.496 e. The van der Waals surface area contributed by atoms with Crippen molar-refractivity contribution >= 4 is 0 Å². The van der Waals surface area contributed by atoms with E-state index in [0.29, 0.717) is 67.2 Å². The zero-order valence-electron chi connectivity index (χ0n) is 65.5. The van der Waals surface area contributed by atoms with Crippen LogP contribution in [0.25, 0.3) is 0 Å². The number of hydrogen-bond donors (Lipinski definition) is 6. The van der Waals surface area contributed by atoms with E-state index in [-0.39, 0.29) is 77.0 Å².